The van der Waals surface area contributed by atoms with Gasteiger partial charge in [0.25, 0.3) is 0 Å². The Kier molecular flexibility index (Phi) is 7.05. The standard InChI is InChI=1S/C18H28BrNO/c1-3-10-20-17(11-14-6-4-5-7-14)13-15-12-16(19)8-9-18(15)21-2/h8-9,12,14,17,20H,3-7,10-11,13H2,1-2H3. The van der Waals surface area contributed by atoms with E-state index in [2.05, 4.69) is 40.3 Å². The van der Waals surface area contributed by atoms with E-state index in [-0.39, 0.29) is 0 Å². The van der Waals surface area contributed by atoms with Crippen molar-refractivity contribution in [1.29, 1.82) is 0 Å². The van der Waals surface area contributed by atoms with Gasteiger partial charge in [-0.05, 0) is 55.5 Å². The minimum absolute atomic E-state index is 0.566. The minimum Gasteiger partial charge on any atom is -0.496 e. The number of methoxy groups -OCH3 is 1. The molecule has 1 N–H and O–H groups in total. The van der Waals surface area contributed by atoms with Crippen LogP contribution < -0.4 is 10.1 Å². The molecule has 0 spiro atoms. The Hall–Kier alpha value is -0.540. The fourth-order valence-corrected chi connectivity index (χ4v) is 3.82. The lowest BCUT2D eigenvalue weighted by atomic mass is 9.93. The minimum atomic E-state index is 0.566. The van der Waals surface area contributed by atoms with E-state index >= 15 is 0 Å². The highest BCUT2D eigenvalue weighted by molar-refractivity contribution is 9.10. The first kappa shape index (κ1) is 16.8. The summed E-state index contributed by atoms with van der Waals surface area (Å²) in [6.45, 7) is 3.34. The quantitative estimate of drug-likeness (QED) is 0.713. The predicted molar refractivity (Wildman–Crippen MR) is 93.1 cm³/mol. The first-order chi connectivity index (χ1) is 10.2. The van der Waals surface area contributed by atoms with Gasteiger partial charge in [0.1, 0.15) is 5.75 Å². The summed E-state index contributed by atoms with van der Waals surface area (Å²) in [5, 5.41) is 3.74. The van der Waals surface area contributed by atoms with Gasteiger partial charge in [-0.3, -0.25) is 0 Å². The van der Waals surface area contributed by atoms with Gasteiger partial charge in [-0.25, -0.2) is 0 Å². The zero-order chi connectivity index (χ0) is 15.1. The maximum Gasteiger partial charge on any atom is 0.122 e. The molecule has 0 aromatic heterocycles. The molecule has 1 aromatic rings. The largest absolute Gasteiger partial charge is 0.496 e. The van der Waals surface area contributed by atoms with Crippen molar-refractivity contribution in [3.63, 3.8) is 0 Å². The number of halogens is 1. The summed E-state index contributed by atoms with van der Waals surface area (Å²) >= 11 is 3.58. The number of rotatable bonds is 8. The van der Waals surface area contributed by atoms with Crippen LogP contribution in [0.2, 0.25) is 0 Å². The predicted octanol–water partition coefficient (Wildman–Crippen LogP) is 4.95. The fourth-order valence-electron chi connectivity index (χ4n) is 3.41. The third-order valence-electron chi connectivity index (χ3n) is 4.48. The van der Waals surface area contributed by atoms with Gasteiger partial charge in [-0.15, -0.1) is 0 Å². The van der Waals surface area contributed by atoms with Crippen molar-refractivity contribution >= 4 is 15.9 Å². The third-order valence-corrected chi connectivity index (χ3v) is 4.98. The van der Waals surface area contributed by atoms with Crippen molar-refractivity contribution in [1.82, 2.24) is 5.32 Å². The van der Waals surface area contributed by atoms with Gasteiger partial charge in [0.05, 0.1) is 7.11 Å². The number of hydrogen-bond acceptors (Lipinski definition) is 2. The van der Waals surface area contributed by atoms with Gasteiger partial charge in [-0.2, -0.15) is 0 Å². The molecule has 1 atom stereocenters. The molecule has 2 rings (SSSR count). The highest BCUT2D eigenvalue weighted by atomic mass is 79.9. The lowest BCUT2D eigenvalue weighted by Gasteiger charge is -2.23. The molecular formula is C18H28BrNO. The number of nitrogens with one attached hydrogen (secondary N) is 1. The summed E-state index contributed by atoms with van der Waals surface area (Å²) < 4.78 is 6.66. The Morgan fingerprint density at radius 2 is 2.10 bits per heavy atom. The highest BCUT2D eigenvalue weighted by Gasteiger charge is 2.21. The lowest BCUT2D eigenvalue weighted by Crippen LogP contribution is -2.33. The molecule has 0 radical (unpaired) electrons. The van der Waals surface area contributed by atoms with Gasteiger partial charge in [0.15, 0.2) is 0 Å². The molecule has 3 heteroatoms. The number of benzene rings is 1. The molecule has 118 valence electrons. The Morgan fingerprint density at radius 1 is 1.33 bits per heavy atom. The molecule has 1 fully saturated rings. The third kappa shape index (κ3) is 5.30. The van der Waals surface area contributed by atoms with Gasteiger partial charge in [0, 0.05) is 10.5 Å². The molecule has 1 saturated carbocycles. The van der Waals surface area contributed by atoms with E-state index in [1.165, 1.54) is 44.1 Å². The maximum atomic E-state index is 5.53. The van der Waals surface area contributed by atoms with Crippen molar-refractivity contribution in [2.24, 2.45) is 5.92 Å². The summed E-state index contributed by atoms with van der Waals surface area (Å²) in [5.74, 6) is 1.92. The molecule has 0 aliphatic heterocycles. The average molecular weight is 354 g/mol. The Labute approximate surface area is 137 Å². The monoisotopic (exact) mass is 353 g/mol. The topological polar surface area (TPSA) is 21.3 Å². The normalized spacial score (nSPS) is 17.1. The van der Waals surface area contributed by atoms with Crippen LogP contribution in [-0.4, -0.2) is 19.7 Å². The molecule has 1 unspecified atom stereocenters. The van der Waals surface area contributed by atoms with Crippen molar-refractivity contribution in [2.45, 2.75) is 57.9 Å². The molecule has 21 heavy (non-hydrogen) atoms. The summed E-state index contributed by atoms with van der Waals surface area (Å²) in [4.78, 5) is 0. The van der Waals surface area contributed by atoms with Crippen LogP contribution in [0.4, 0.5) is 0 Å². The lowest BCUT2D eigenvalue weighted by molar-refractivity contribution is 0.373. The van der Waals surface area contributed by atoms with Gasteiger partial charge in [-0.1, -0.05) is 48.5 Å². The van der Waals surface area contributed by atoms with E-state index in [9.17, 15) is 0 Å². The summed E-state index contributed by atoms with van der Waals surface area (Å²) in [7, 11) is 1.76. The van der Waals surface area contributed by atoms with Gasteiger partial charge < -0.3 is 10.1 Å². The Bertz CT molecular complexity index is 429. The van der Waals surface area contributed by atoms with Crippen LogP contribution >= 0.6 is 15.9 Å². The van der Waals surface area contributed by atoms with Crippen LogP contribution in [0.15, 0.2) is 22.7 Å². The molecule has 1 aliphatic rings. The smallest absolute Gasteiger partial charge is 0.122 e. The molecule has 0 amide bonds. The molecular weight excluding hydrogens is 326 g/mol. The van der Waals surface area contributed by atoms with E-state index < -0.39 is 0 Å². The molecule has 1 aromatic carbocycles. The maximum absolute atomic E-state index is 5.53. The SMILES string of the molecule is CCCNC(Cc1cc(Br)ccc1OC)CC1CCCC1. The summed E-state index contributed by atoms with van der Waals surface area (Å²) in [6.07, 6.45) is 9.22. The second kappa shape index (κ2) is 8.79. The number of hydrogen-bond donors (Lipinski definition) is 1. The zero-order valence-electron chi connectivity index (χ0n) is 13.3. The second-order valence-electron chi connectivity index (χ2n) is 6.20. The second-order valence-corrected chi connectivity index (χ2v) is 7.11. The van der Waals surface area contributed by atoms with Gasteiger partial charge >= 0.3 is 0 Å². The van der Waals surface area contributed by atoms with Gasteiger partial charge in [0.2, 0.25) is 0 Å². The van der Waals surface area contributed by atoms with E-state index in [4.69, 9.17) is 4.74 Å². The van der Waals surface area contributed by atoms with E-state index in [0.29, 0.717) is 6.04 Å². The number of ether oxygens (including phenoxy) is 1. The van der Waals surface area contributed by atoms with Crippen molar-refractivity contribution in [3.05, 3.63) is 28.2 Å². The van der Waals surface area contributed by atoms with Crippen LogP contribution in [0.5, 0.6) is 5.75 Å². The van der Waals surface area contributed by atoms with Crippen LogP contribution in [0, 0.1) is 5.92 Å². The van der Waals surface area contributed by atoms with E-state index in [0.717, 1.165) is 29.1 Å². The van der Waals surface area contributed by atoms with E-state index in [1.807, 2.05) is 6.07 Å². The first-order valence-corrected chi connectivity index (χ1v) is 9.08. The molecule has 2 nitrogen and oxygen atoms in total. The molecule has 0 bridgehead atoms. The molecule has 0 heterocycles. The molecule has 1 aliphatic carbocycles. The summed E-state index contributed by atoms with van der Waals surface area (Å²) in [6, 6.07) is 6.88. The summed E-state index contributed by atoms with van der Waals surface area (Å²) in [5.41, 5.74) is 1.30. The molecule has 0 saturated heterocycles. The van der Waals surface area contributed by atoms with E-state index in [1.54, 1.807) is 7.11 Å². The fraction of sp³-hybridized carbons (Fsp3) is 0.667. The van der Waals surface area contributed by atoms with Crippen molar-refractivity contribution < 1.29 is 4.74 Å². The van der Waals surface area contributed by atoms with Crippen LogP contribution in [0.1, 0.15) is 51.0 Å². The average Bonchev–Trinajstić information content (AvgIpc) is 2.98. The van der Waals surface area contributed by atoms with Crippen LogP contribution in [-0.2, 0) is 6.42 Å². The van der Waals surface area contributed by atoms with Crippen molar-refractivity contribution in [2.75, 3.05) is 13.7 Å². The van der Waals surface area contributed by atoms with Crippen LogP contribution in [0.3, 0.4) is 0 Å². The Balaban J connectivity index is 2.03. The first-order valence-electron chi connectivity index (χ1n) is 8.28. The zero-order valence-corrected chi connectivity index (χ0v) is 14.9. The Morgan fingerprint density at radius 3 is 2.76 bits per heavy atom. The highest BCUT2D eigenvalue weighted by Crippen LogP contribution is 2.31. The van der Waals surface area contributed by atoms with Crippen LogP contribution in [0.25, 0.3) is 0 Å². The van der Waals surface area contributed by atoms with Crippen molar-refractivity contribution in [3.8, 4) is 5.75 Å².